The van der Waals surface area contributed by atoms with Gasteiger partial charge in [-0.3, -0.25) is 14.3 Å². The van der Waals surface area contributed by atoms with E-state index in [4.69, 9.17) is 0 Å². The van der Waals surface area contributed by atoms with Gasteiger partial charge in [0.2, 0.25) is 5.91 Å². The number of rotatable bonds is 8. The second kappa shape index (κ2) is 8.94. The zero-order valence-electron chi connectivity index (χ0n) is 15.4. The van der Waals surface area contributed by atoms with E-state index in [2.05, 4.69) is 17.3 Å². The Morgan fingerprint density at radius 3 is 2.48 bits per heavy atom. The molecule has 5 heteroatoms. The number of ketones is 1. The van der Waals surface area contributed by atoms with Gasteiger partial charge >= 0.3 is 0 Å². The summed E-state index contributed by atoms with van der Waals surface area (Å²) in [6.45, 7) is 2.65. The Bertz CT molecular complexity index is 900. The first kappa shape index (κ1) is 18.6. The molecule has 0 aliphatic carbocycles. The maximum atomic E-state index is 12.3. The fourth-order valence-corrected chi connectivity index (χ4v) is 2.86. The Balaban J connectivity index is 1.57. The van der Waals surface area contributed by atoms with Crippen LogP contribution < -0.4 is 5.32 Å². The molecule has 0 spiro atoms. The number of carbonyl (C=O) groups is 2. The van der Waals surface area contributed by atoms with Crippen molar-refractivity contribution in [1.29, 1.82) is 0 Å². The quantitative estimate of drug-likeness (QED) is 0.615. The lowest BCUT2D eigenvalue weighted by atomic mass is 10.0. The van der Waals surface area contributed by atoms with E-state index in [0.29, 0.717) is 12.1 Å². The zero-order chi connectivity index (χ0) is 19.1. The Kier molecular flexibility index (Phi) is 6.15. The largest absolute Gasteiger partial charge is 0.326 e. The van der Waals surface area contributed by atoms with Gasteiger partial charge in [-0.25, -0.2) is 0 Å². The van der Waals surface area contributed by atoms with E-state index < -0.39 is 0 Å². The molecule has 0 fully saturated rings. The highest BCUT2D eigenvalue weighted by Crippen LogP contribution is 2.17. The van der Waals surface area contributed by atoms with Gasteiger partial charge in [-0.05, 0) is 29.7 Å². The van der Waals surface area contributed by atoms with Gasteiger partial charge in [0.25, 0.3) is 0 Å². The molecular weight excluding hydrogens is 338 g/mol. The third-order valence-corrected chi connectivity index (χ3v) is 4.45. The number of carbonyl (C=O) groups excluding carboxylic acids is 2. The molecule has 5 nitrogen and oxygen atoms in total. The molecule has 1 aromatic heterocycles. The van der Waals surface area contributed by atoms with Crippen LogP contribution in [0.3, 0.4) is 0 Å². The van der Waals surface area contributed by atoms with Gasteiger partial charge in [0.05, 0.1) is 6.54 Å². The predicted molar refractivity (Wildman–Crippen MR) is 106 cm³/mol. The highest BCUT2D eigenvalue weighted by Gasteiger charge is 2.11. The van der Waals surface area contributed by atoms with Crippen LogP contribution in [0.2, 0.25) is 0 Å². The molecule has 0 atom stereocenters. The van der Waals surface area contributed by atoms with Gasteiger partial charge in [0.15, 0.2) is 5.78 Å². The van der Waals surface area contributed by atoms with Crippen molar-refractivity contribution < 1.29 is 9.59 Å². The van der Waals surface area contributed by atoms with Crippen LogP contribution in [0.15, 0.2) is 67.0 Å². The van der Waals surface area contributed by atoms with Crippen molar-refractivity contribution >= 4 is 17.4 Å². The first-order chi connectivity index (χ1) is 13.2. The summed E-state index contributed by atoms with van der Waals surface area (Å²) in [5.74, 6) is -0.181. The van der Waals surface area contributed by atoms with Crippen molar-refractivity contribution in [1.82, 2.24) is 9.78 Å². The maximum Gasteiger partial charge on any atom is 0.224 e. The smallest absolute Gasteiger partial charge is 0.224 e. The van der Waals surface area contributed by atoms with Gasteiger partial charge in [0, 0.05) is 36.5 Å². The van der Waals surface area contributed by atoms with E-state index in [-0.39, 0.29) is 24.5 Å². The number of nitrogens with one attached hydrogen (secondary N) is 1. The lowest BCUT2D eigenvalue weighted by Crippen LogP contribution is -2.15. The fourth-order valence-electron chi connectivity index (χ4n) is 2.86. The SMILES string of the molecule is CCc1ccc(C(=O)CCC(=O)Nc2ccccc2Cn2cccn2)cc1. The first-order valence-electron chi connectivity index (χ1n) is 9.13. The number of amides is 1. The van der Waals surface area contributed by atoms with Crippen molar-refractivity contribution in [3.05, 3.63) is 83.7 Å². The number of aryl methyl sites for hydroxylation is 1. The van der Waals surface area contributed by atoms with Crippen molar-refractivity contribution in [2.24, 2.45) is 0 Å². The van der Waals surface area contributed by atoms with Gasteiger partial charge in [-0.15, -0.1) is 0 Å². The Morgan fingerprint density at radius 2 is 1.78 bits per heavy atom. The summed E-state index contributed by atoms with van der Waals surface area (Å²) in [5, 5.41) is 7.11. The molecule has 0 aliphatic heterocycles. The standard InChI is InChI=1S/C22H23N3O2/c1-2-17-8-10-18(11-9-17)21(26)12-13-22(27)24-20-7-4-3-6-19(20)16-25-15-5-14-23-25/h3-11,14-15H,2,12-13,16H2,1H3,(H,24,27). The summed E-state index contributed by atoms with van der Waals surface area (Å²) in [7, 11) is 0. The number of para-hydroxylation sites is 1. The second-order valence-electron chi connectivity index (χ2n) is 6.38. The summed E-state index contributed by atoms with van der Waals surface area (Å²) in [4.78, 5) is 24.6. The van der Waals surface area contributed by atoms with Crippen molar-refractivity contribution in [2.75, 3.05) is 5.32 Å². The molecule has 3 rings (SSSR count). The molecule has 0 unspecified atom stereocenters. The maximum absolute atomic E-state index is 12.3. The van der Waals surface area contributed by atoms with Gasteiger partial charge < -0.3 is 5.32 Å². The molecule has 1 heterocycles. The van der Waals surface area contributed by atoms with E-state index in [1.165, 1.54) is 5.56 Å². The normalized spacial score (nSPS) is 10.6. The van der Waals surface area contributed by atoms with Crippen LogP contribution in [0.5, 0.6) is 0 Å². The van der Waals surface area contributed by atoms with Crippen LogP contribution in [0.4, 0.5) is 5.69 Å². The van der Waals surface area contributed by atoms with Crippen molar-refractivity contribution in [2.45, 2.75) is 32.7 Å². The number of nitrogens with zero attached hydrogens (tertiary/aromatic N) is 2. The summed E-state index contributed by atoms with van der Waals surface area (Å²) in [6, 6.07) is 17.1. The Hall–Kier alpha value is -3.21. The minimum Gasteiger partial charge on any atom is -0.326 e. The lowest BCUT2D eigenvalue weighted by Gasteiger charge is -2.11. The second-order valence-corrected chi connectivity index (χ2v) is 6.38. The molecule has 0 aliphatic rings. The number of hydrogen-bond acceptors (Lipinski definition) is 3. The van der Waals surface area contributed by atoms with Gasteiger partial charge in [-0.2, -0.15) is 5.10 Å². The minimum atomic E-state index is -0.165. The third-order valence-electron chi connectivity index (χ3n) is 4.45. The first-order valence-corrected chi connectivity index (χ1v) is 9.13. The predicted octanol–water partition coefficient (Wildman–Crippen LogP) is 4.10. The van der Waals surface area contributed by atoms with Crippen LogP contribution in [0, 0.1) is 0 Å². The van der Waals surface area contributed by atoms with E-state index in [1.54, 1.807) is 10.9 Å². The molecule has 0 radical (unpaired) electrons. The van der Waals surface area contributed by atoms with E-state index >= 15 is 0 Å². The monoisotopic (exact) mass is 361 g/mol. The average Bonchev–Trinajstić information content (AvgIpc) is 3.21. The van der Waals surface area contributed by atoms with Crippen LogP contribution >= 0.6 is 0 Å². The molecule has 0 bridgehead atoms. The number of aromatic nitrogens is 2. The zero-order valence-corrected chi connectivity index (χ0v) is 15.4. The van der Waals surface area contributed by atoms with Gasteiger partial charge in [-0.1, -0.05) is 49.4 Å². The highest BCUT2D eigenvalue weighted by molar-refractivity contribution is 6.00. The molecule has 138 valence electrons. The number of hydrogen-bond donors (Lipinski definition) is 1. The molecule has 0 saturated carbocycles. The van der Waals surface area contributed by atoms with Crippen molar-refractivity contribution in [3.8, 4) is 0 Å². The molecule has 3 aromatic rings. The molecular formula is C22H23N3O2. The third kappa shape index (κ3) is 5.14. The minimum absolute atomic E-state index is 0.0161. The van der Waals surface area contributed by atoms with Crippen LogP contribution in [-0.4, -0.2) is 21.5 Å². The molecule has 2 aromatic carbocycles. The lowest BCUT2D eigenvalue weighted by molar-refractivity contribution is -0.116. The van der Waals surface area contributed by atoms with Crippen molar-refractivity contribution in [3.63, 3.8) is 0 Å². The topological polar surface area (TPSA) is 64.0 Å². The van der Waals surface area contributed by atoms with Gasteiger partial charge in [0.1, 0.15) is 0 Å². The molecule has 27 heavy (non-hydrogen) atoms. The number of benzene rings is 2. The highest BCUT2D eigenvalue weighted by atomic mass is 16.2. The number of Topliss-reactive ketones (excluding diaryl/α,β-unsaturated/α-hetero) is 1. The van der Waals surface area contributed by atoms with E-state index in [9.17, 15) is 9.59 Å². The van der Waals surface area contributed by atoms with E-state index in [0.717, 1.165) is 17.7 Å². The van der Waals surface area contributed by atoms with Crippen LogP contribution in [-0.2, 0) is 17.8 Å². The molecule has 0 saturated heterocycles. The molecule has 1 N–H and O–H groups in total. The van der Waals surface area contributed by atoms with E-state index in [1.807, 2.05) is 60.8 Å². The number of anilines is 1. The summed E-state index contributed by atoms with van der Waals surface area (Å²) >= 11 is 0. The average molecular weight is 361 g/mol. The summed E-state index contributed by atoms with van der Waals surface area (Å²) < 4.78 is 1.80. The van der Waals surface area contributed by atoms with Crippen LogP contribution in [0.1, 0.15) is 41.3 Å². The molecule has 1 amide bonds. The Labute approximate surface area is 159 Å². The fraction of sp³-hybridized carbons (Fsp3) is 0.227. The summed E-state index contributed by atoms with van der Waals surface area (Å²) in [5.41, 5.74) is 3.56. The summed E-state index contributed by atoms with van der Waals surface area (Å²) in [6.07, 6.45) is 4.89. The van der Waals surface area contributed by atoms with Crippen LogP contribution in [0.25, 0.3) is 0 Å². The Morgan fingerprint density at radius 1 is 1.00 bits per heavy atom.